The molecule has 1 aromatic carbocycles. The molecule has 1 saturated heterocycles. The maximum Gasteiger partial charge on any atom is 0.233 e. The molecule has 2 aliphatic carbocycles. The quantitative estimate of drug-likeness (QED) is 0.601. The first kappa shape index (κ1) is 19.1. The van der Waals surface area contributed by atoms with E-state index in [1.165, 1.54) is 4.90 Å². The van der Waals surface area contributed by atoms with Crippen molar-refractivity contribution < 1.29 is 24.6 Å². The monoisotopic (exact) mass is 386 g/mol. The largest absolute Gasteiger partial charge is 0.391 e. The Morgan fingerprint density at radius 2 is 1.82 bits per heavy atom. The maximum absolute atomic E-state index is 12.8. The average Bonchev–Trinajstić information content (AvgIpc) is 2.96. The molecule has 1 aromatic rings. The van der Waals surface area contributed by atoms with Crippen LogP contribution in [-0.4, -0.2) is 51.4 Å². The number of benzene rings is 1. The van der Waals surface area contributed by atoms with Crippen LogP contribution in [0, 0.1) is 23.7 Å². The summed E-state index contributed by atoms with van der Waals surface area (Å²) in [6, 6.07) is 9.65. The van der Waals surface area contributed by atoms with Crippen molar-refractivity contribution in [2.24, 2.45) is 28.8 Å². The Balaban J connectivity index is 1.56. The highest BCUT2D eigenvalue weighted by atomic mass is 16.6. The molecule has 0 spiro atoms. The number of hydrogen-bond acceptors (Lipinski definition) is 6. The topological polar surface area (TPSA) is 99.4 Å². The van der Waals surface area contributed by atoms with Crippen molar-refractivity contribution in [3.05, 3.63) is 35.9 Å². The van der Waals surface area contributed by atoms with E-state index >= 15 is 0 Å². The number of hydrogen-bond donors (Lipinski definition) is 2. The van der Waals surface area contributed by atoms with Crippen LogP contribution in [-0.2, 0) is 21.0 Å². The van der Waals surface area contributed by atoms with E-state index < -0.39 is 30.0 Å². The predicted molar refractivity (Wildman–Crippen MR) is 101 cm³/mol. The number of oxime groups is 1. The number of nitrogens with zero attached hydrogens (tertiary/aromatic N) is 2. The molecule has 28 heavy (non-hydrogen) atoms. The van der Waals surface area contributed by atoms with Gasteiger partial charge in [0.1, 0.15) is 6.61 Å². The highest BCUT2D eigenvalue weighted by Crippen LogP contribution is 2.49. The van der Waals surface area contributed by atoms with Crippen LogP contribution in [0.4, 0.5) is 0 Å². The van der Waals surface area contributed by atoms with Crippen LogP contribution in [0.5, 0.6) is 0 Å². The van der Waals surface area contributed by atoms with E-state index in [9.17, 15) is 19.8 Å². The molecule has 0 aromatic heterocycles. The van der Waals surface area contributed by atoms with Crippen LogP contribution in [0.3, 0.4) is 0 Å². The molecule has 7 nitrogen and oxygen atoms in total. The van der Waals surface area contributed by atoms with Gasteiger partial charge in [0, 0.05) is 24.8 Å². The second kappa shape index (κ2) is 7.64. The molecule has 0 bridgehead atoms. The summed E-state index contributed by atoms with van der Waals surface area (Å²) >= 11 is 0. The molecule has 6 atom stereocenters. The molecule has 2 saturated carbocycles. The number of amides is 2. The van der Waals surface area contributed by atoms with Gasteiger partial charge in [0.15, 0.2) is 0 Å². The van der Waals surface area contributed by atoms with Gasteiger partial charge in [-0.25, -0.2) is 0 Å². The third-order valence-corrected chi connectivity index (χ3v) is 6.44. The Kier molecular flexibility index (Phi) is 5.21. The number of aliphatic hydroxyl groups is 2. The number of imide groups is 1. The lowest BCUT2D eigenvalue weighted by atomic mass is 9.60. The van der Waals surface area contributed by atoms with Gasteiger partial charge in [-0.1, -0.05) is 35.5 Å². The third-order valence-electron chi connectivity index (χ3n) is 6.44. The molecule has 2 amide bonds. The fraction of sp³-hybridized carbons (Fsp3) is 0.571. The van der Waals surface area contributed by atoms with E-state index in [-0.39, 0.29) is 24.2 Å². The fourth-order valence-corrected chi connectivity index (χ4v) is 5.11. The van der Waals surface area contributed by atoms with Crippen molar-refractivity contribution in [1.29, 1.82) is 0 Å². The molecule has 3 aliphatic rings. The minimum Gasteiger partial charge on any atom is -0.391 e. The smallest absolute Gasteiger partial charge is 0.233 e. The summed E-state index contributed by atoms with van der Waals surface area (Å²) in [4.78, 5) is 32.2. The molecule has 150 valence electrons. The zero-order valence-electron chi connectivity index (χ0n) is 15.9. The summed E-state index contributed by atoms with van der Waals surface area (Å²) < 4.78 is 0. The van der Waals surface area contributed by atoms with Gasteiger partial charge in [-0.15, -0.1) is 0 Å². The first-order chi connectivity index (χ1) is 13.5. The first-order valence-corrected chi connectivity index (χ1v) is 9.97. The number of carbonyl (C=O) groups is 2. The first-order valence-electron chi connectivity index (χ1n) is 9.97. The standard InChI is InChI=1S/C21H26N2O5/c1-2-23-20(26)14-9-8-13-15(22-28-11-12-6-4-3-5-7-12)10-16(24)19(25)17(13)18(14)21(23)27/h3-7,13-14,16-19,24-25H,2,8-11H2,1H3/b22-15+/t13-,14-,16-,17+,18-,19-/m1/s1. The Bertz CT molecular complexity index is 780. The summed E-state index contributed by atoms with van der Waals surface area (Å²) in [6.45, 7) is 2.43. The molecule has 0 radical (unpaired) electrons. The fourth-order valence-electron chi connectivity index (χ4n) is 5.11. The van der Waals surface area contributed by atoms with Gasteiger partial charge >= 0.3 is 0 Å². The van der Waals surface area contributed by atoms with Gasteiger partial charge in [-0.05, 0) is 25.3 Å². The van der Waals surface area contributed by atoms with Crippen molar-refractivity contribution in [3.63, 3.8) is 0 Å². The third kappa shape index (κ3) is 3.12. The van der Waals surface area contributed by atoms with Crippen LogP contribution in [0.2, 0.25) is 0 Å². The molecule has 1 heterocycles. The molecule has 4 rings (SSSR count). The molecule has 2 N–H and O–H groups in total. The van der Waals surface area contributed by atoms with Gasteiger partial charge in [0.25, 0.3) is 0 Å². The second-order valence-electron chi connectivity index (χ2n) is 7.92. The van der Waals surface area contributed by atoms with Crippen molar-refractivity contribution >= 4 is 17.5 Å². The number of carbonyl (C=O) groups excluding carboxylic acids is 2. The number of fused-ring (bicyclic) bond motifs is 3. The van der Waals surface area contributed by atoms with E-state index in [0.717, 1.165) is 5.56 Å². The minimum absolute atomic E-state index is 0.151. The normalized spacial score (nSPS) is 36.4. The molecule has 3 fully saturated rings. The zero-order valence-corrected chi connectivity index (χ0v) is 15.9. The van der Waals surface area contributed by atoms with Gasteiger partial charge < -0.3 is 15.1 Å². The van der Waals surface area contributed by atoms with Crippen molar-refractivity contribution in [1.82, 2.24) is 4.90 Å². The van der Waals surface area contributed by atoms with Crippen LogP contribution in [0.25, 0.3) is 0 Å². The van der Waals surface area contributed by atoms with Crippen LogP contribution in [0.1, 0.15) is 31.7 Å². The predicted octanol–water partition coefficient (Wildman–Crippen LogP) is 1.33. The van der Waals surface area contributed by atoms with E-state index in [1.54, 1.807) is 6.92 Å². The minimum atomic E-state index is -1.04. The van der Waals surface area contributed by atoms with E-state index in [1.807, 2.05) is 30.3 Å². The average molecular weight is 386 g/mol. The van der Waals surface area contributed by atoms with E-state index in [0.29, 0.717) is 31.7 Å². The maximum atomic E-state index is 12.8. The summed E-state index contributed by atoms with van der Waals surface area (Å²) in [5.41, 5.74) is 1.66. The number of aliphatic hydroxyl groups excluding tert-OH is 2. The van der Waals surface area contributed by atoms with Crippen LogP contribution in [0.15, 0.2) is 35.5 Å². The van der Waals surface area contributed by atoms with E-state index in [2.05, 4.69) is 5.16 Å². The Morgan fingerprint density at radius 1 is 1.11 bits per heavy atom. The lowest BCUT2D eigenvalue weighted by molar-refractivity contribution is -0.141. The van der Waals surface area contributed by atoms with Crippen LogP contribution < -0.4 is 0 Å². The second-order valence-corrected chi connectivity index (χ2v) is 7.92. The van der Waals surface area contributed by atoms with Crippen molar-refractivity contribution in [2.75, 3.05) is 6.54 Å². The highest BCUT2D eigenvalue weighted by molar-refractivity contribution is 6.06. The van der Waals surface area contributed by atoms with Crippen molar-refractivity contribution in [2.45, 2.75) is 45.0 Å². The summed E-state index contributed by atoms with van der Waals surface area (Å²) in [5.74, 6) is -2.04. The van der Waals surface area contributed by atoms with Gasteiger partial charge in [0.2, 0.25) is 11.8 Å². The van der Waals surface area contributed by atoms with Crippen molar-refractivity contribution in [3.8, 4) is 0 Å². The summed E-state index contributed by atoms with van der Waals surface area (Å²) in [5, 5.41) is 25.4. The summed E-state index contributed by atoms with van der Waals surface area (Å²) in [6.07, 6.45) is -0.599. The molecule has 7 heteroatoms. The molecular weight excluding hydrogens is 360 g/mol. The number of likely N-dealkylation sites (tertiary alicyclic amines) is 1. The molecule has 1 aliphatic heterocycles. The Morgan fingerprint density at radius 3 is 2.54 bits per heavy atom. The number of rotatable bonds is 4. The molecular formula is C21H26N2O5. The summed E-state index contributed by atoms with van der Waals surface area (Å²) in [7, 11) is 0. The van der Waals surface area contributed by atoms with Gasteiger partial charge in [0.05, 0.1) is 29.8 Å². The van der Waals surface area contributed by atoms with Gasteiger partial charge in [-0.3, -0.25) is 14.5 Å². The lowest BCUT2D eigenvalue weighted by Gasteiger charge is -2.45. The molecule has 0 unspecified atom stereocenters. The van der Waals surface area contributed by atoms with E-state index in [4.69, 9.17) is 4.84 Å². The Hall–Kier alpha value is -2.25. The Labute approximate surface area is 164 Å². The highest BCUT2D eigenvalue weighted by Gasteiger charge is 2.59. The zero-order chi connectivity index (χ0) is 19.8. The lowest BCUT2D eigenvalue weighted by Crippen LogP contribution is -2.54. The van der Waals surface area contributed by atoms with Gasteiger partial charge in [-0.2, -0.15) is 0 Å². The SMILES string of the molecule is CCN1C(=O)[C@H]2[C@H]3[C@H](O)[C@H](O)C/C(=N\OCc4ccccc4)[C@H]3CC[C@H]2C1=O. The van der Waals surface area contributed by atoms with Crippen LogP contribution >= 0.6 is 0 Å².